The third-order valence-corrected chi connectivity index (χ3v) is 4.86. The Balaban J connectivity index is 2.09. The number of rotatable bonds is 10. The molecule has 0 atom stereocenters. The second kappa shape index (κ2) is 12.2. The molecule has 0 saturated carbocycles. The number of carbonyl (C=O) groups excluding carboxylic acids is 2. The first-order chi connectivity index (χ1) is 14.8. The van der Waals surface area contributed by atoms with Crippen LogP contribution in [0.2, 0.25) is 10.0 Å². The summed E-state index contributed by atoms with van der Waals surface area (Å²) in [4.78, 5) is 24.0. The average Bonchev–Trinajstić information content (AvgIpc) is 2.76. The number of esters is 1. The molecule has 166 valence electrons. The van der Waals surface area contributed by atoms with Crippen LogP contribution in [0.15, 0.2) is 41.5 Å². The Kier molecular flexibility index (Phi) is 9.62. The minimum Gasteiger partial charge on any atom is -0.497 e. The molecule has 0 bridgehead atoms. The van der Waals surface area contributed by atoms with Crippen LogP contribution >= 0.6 is 23.2 Å². The number of methoxy groups -OCH3 is 1. The van der Waals surface area contributed by atoms with Crippen LogP contribution in [0, 0.1) is 0 Å². The molecule has 9 heteroatoms. The minimum atomic E-state index is -0.417. The molecule has 0 unspecified atom stereocenters. The van der Waals surface area contributed by atoms with Crippen molar-refractivity contribution in [1.29, 1.82) is 0 Å². The number of benzene rings is 2. The minimum absolute atomic E-state index is 0.0282. The van der Waals surface area contributed by atoms with E-state index in [2.05, 4.69) is 5.10 Å². The third kappa shape index (κ3) is 7.45. The predicted octanol–water partition coefficient (Wildman–Crippen LogP) is 4.52. The number of amides is 1. The summed E-state index contributed by atoms with van der Waals surface area (Å²) < 4.78 is 15.9. The Morgan fingerprint density at radius 3 is 2.42 bits per heavy atom. The van der Waals surface area contributed by atoms with Gasteiger partial charge in [-0.15, -0.1) is 0 Å². The Morgan fingerprint density at radius 1 is 1.10 bits per heavy atom. The van der Waals surface area contributed by atoms with E-state index >= 15 is 0 Å². The summed E-state index contributed by atoms with van der Waals surface area (Å²) in [7, 11) is 3.08. The van der Waals surface area contributed by atoms with Crippen molar-refractivity contribution in [2.24, 2.45) is 5.10 Å². The molecule has 0 aromatic heterocycles. The summed E-state index contributed by atoms with van der Waals surface area (Å²) in [5, 5.41) is 5.79. The normalized spacial score (nSPS) is 10.7. The molecular formula is C22H24Cl2N2O5. The molecule has 2 rings (SSSR count). The fourth-order valence-electron chi connectivity index (χ4n) is 2.56. The molecule has 0 N–H and O–H groups in total. The molecule has 2 aromatic carbocycles. The quantitative estimate of drug-likeness (QED) is 0.292. The zero-order valence-corrected chi connectivity index (χ0v) is 19.1. The maximum atomic E-state index is 12.6. The van der Waals surface area contributed by atoms with E-state index in [1.165, 1.54) is 13.3 Å². The zero-order valence-electron chi connectivity index (χ0n) is 17.6. The van der Waals surface area contributed by atoms with Gasteiger partial charge in [0.05, 0.1) is 31.6 Å². The second-order valence-electron chi connectivity index (χ2n) is 6.37. The van der Waals surface area contributed by atoms with Crippen LogP contribution < -0.4 is 9.47 Å². The van der Waals surface area contributed by atoms with Crippen molar-refractivity contribution in [1.82, 2.24) is 5.01 Å². The van der Waals surface area contributed by atoms with E-state index in [-0.39, 0.29) is 32.0 Å². The van der Waals surface area contributed by atoms with Crippen molar-refractivity contribution < 1.29 is 23.8 Å². The van der Waals surface area contributed by atoms with Crippen molar-refractivity contribution in [3.8, 4) is 11.5 Å². The topological polar surface area (TPSA) is 77.4 Å². The highest BCUT2D eigenvalue weighted by molar-refractivity contribution is 6.35. The van der Waals surface area contributed by atoms with Crippen LogP contribution in [0.3, 0.4) is 0 Å². The van der Waals surface area contributed by atoms with Gasteiger partial charge in [-0.1, -0.05) is 35.3 Å². The van der Waals surface area contributed by atoms with E-state index in [0.29, 0.717) is 21.4 Å². The van der Waals surface area contributed by atoms with E-state index < -0.39 is 5.97 Å². The van der Waals surface area contributed by atoms with Crippen molar-refractivity contribution in [2.75, 3.05) is 20.8 Å². The van der Waals surface area contributed by atoms with Gasteiger partial charge in [0.15, 0.2) is 0 Å². The van der Waals surface area contributed by atoms with Crippen molar-refractivity contribution in [3.63, 3.8) is 0 Å². The number of carbonyl (C=O) groups is 2. The third-order valence-electron chi connectivity index (χ3n) is 4.20. The molecule has 0 saturated heterocycles. The summed E-state index contributed by atoms with van der Waals surface area (Å²) in [6.45, 7) is 2.24. The number of hydrazone groups is 1. The number of ether oxygens (including phenoxy) is 3. The summed E-state index contributed by atoms with van der Waals surface area (Å²) in [6.07, 6.45) is 1.21. The van der Waals surface area contributed by atoms with Gasteiger partial charge in [0, 0.05) is 23.8 Å². The smallest absolute Gasteiger partial charge is 0.311 e. The van der Waals surface area contributed by atoms with Gasteiger partial charge >= 0.3 is 5.97 Å². The fourth-order valence-corrected chi connectivity index (χ4v) is 3.01. The van der Waals surface area contributed by atoms with E-state index in [0.717, 1.165) is 16.3 Å². The van der Waals surface area contributed by atoms with Crippen LogP contribution in [0.1, 0.15) is 24.5 Å². The van der Waals surface area contributed by atoms with Gasteiger partial charge < -0.3 is 14.2 Å². The first-order valence-corrected chi connectivity index (χ1v) is 10.3. The van der Waals surface area contributed by atoms with Gasteiger partial charge in [0.2, 0.25) is 5.91 Å². The highest BCUT2D eigenvalue weighted by atomic mass is 35.5. The molecule has 0 radical (unpaired) electrons. The summed E-state index contributed by atoms with van der Waals surface area (Å²) in [6, 6.07) is 10.6. The summed E-state index contributed by atoms with van der Waals surface area (Å²) >= 11 is 12.6. The molecule has 0 heterocycles. The Morgan fingerprint density at radius 2 is 1.77 bits per heavy atom. The lowest BCUT2D eigenvalue weighted by Crippen LogP contribution is -2.24. The van der Waals surface area contributed by atoms with Crippen LogP contribution in [-0.2, 0) is 27.4 Å². The lowest BCUT2D eigenvalue weighted by Gasteiger charge is -2.17. The predicted molar refractivity (Wildman–Crippen MR) is 120 cm³/mol. The first kappa shape index (κ1) is 24.5. The SMILES string of the molecule is CCOC(=O)CC=NN(C)C(=O)Cc1c(Cl)ccc(Cl)c1OCc1ccc(OC)cc1. The highest BCUT2D eigenvalue weighted by Crippen LogP contribution is 2.35. The lowest BCUT2D eigenvalue weighted by molar-refractivity contribution is -0.141. The van der Waals surface area contributed by atoms with Crippen molar-refractivity contribution in [3.05, 3.63) is 57.6 Å². The number of hydrogen-bond acceptors (Lipinski definition) is 6. The van der Waals surface area contributed by atoms with E-state index in [1.54, 1.807) is 26.2 Å². The highest BCUT2D eigenvalue weighted by Gasteiger charge is 2.19. The van der Waals surface area contributed by atoms with E-state index in [4.69, 9.17) is 37.4 Å². The van der Waals surface area contributed by atoms with Gasteiger partial charge in [0.25, 0.3) is 0 Å². The number of hydrogen-bond donors (Lipinski definition) is 0. The molecule has 0 fully saturated rings. The number of likely N-dealkylation sites (N-methyl/N-ethyl adjacent to an activating group) is 1. The largest absolute Gasteiger partial charge is 0.497 e. The van der Waals surface area contributed by atoms with Crippen molar-refractivity contribution >= 4 is 41.3 Å². The molecule has 7 nitrogen and oxygen atoms in total. The molecule has 0 aliphatic carbocycles. The van der Waals surface area contributed by atoms with Crippen LogP contribution in [0.5, 0.6) is 11.5 Å². The standard InChI is InChI=1S/C22H24Cl2N2O5/c1-4-30-21(28)11-12-25-26(2)20(27)13-17-18(23)9-10-19(24)22(17)31-14-15-5-7-16(29-3)8-6-15/h5-10,12H,4,11,13-14H2,1-3H3. The first-order valence-electron chi connectivity index (χ1n) is 9.52. The van der Waals surface area contributed by atoms with E-state index in [1.807, 2.05) is 24.3 Å². The number of nitrogens with zero attached hydrogens (tertiary/aromatic N) is 2. The fraction of sp³-hybridized carbons (Fsp3) is 0.318. The Bertz CT molecular complexity index is 932. The average molecular weight is 467 g/mol. The molecule has 0 aliphatic rings. The zero-order chi connectivity index (χ0) is 22.8. The monoisotopic (exact) mass is 466 g/mol. The van der Waals surface area contributed by atoms with Gasteiger partial charge in [-0.3, -0.25) is 9.59 Å². The van der Waals surface area contributed by atoms with Crippen molar-refractivity contribution in [2.45, 2.75) is 26.4 Å². The Hall–Kier alpha value is -2.77. The summed E-state index contributed by atoms with van der Waals surface area (Å²) in [5.74, 6) is 0.308. The maximum absolute atomic E-state index is 12.6. The lowest BCUT2D eigenvalue weighted by atomic mass is 10.1. The van der Waals surface area contributed by atoms with Gasteiger partial charge in [-0.2, -0.15) is 5.10 Å². The molecule has 0 spiro atoms. The molecule has 2 aromatic rings. The Labute approximate surface area is 191 Å². The van der Waals surface area contributed by atoms with Crippen LogP contribution in [0.25, 0.3) is 0 Å². The van der Waals surface area contributed by atoms with Gasteiger partial charge in [-0.05, 0) is 36.8 Å². The number of halogens is 2. The molecule has 0 aliphatic heterocycles. The van der Waals surface area contributed by atoms with Crippen LogP contribution in [0.4, 0.5) is 0 Å². The van der Waals surface area contributed by atoms with Gasteiger partial charge in [0.1, 0.15) is 18.1 Å². The summed E-state index contributed by atoms with van der Waals surface area (Å²) in [5.41, 5.74) is 1.36. The second-order valence-corrected chi connectivity index (χ2v) is 7.19. The van der Waals surface area contributed by atoms with E-state index in [9.17, 15) is 9.59 Å². The molecule has 31 heavy (non-hydrogen) atoms. The maximum Gasteiger partial charge on any atom is 0.311 e. The molecular weight excluding hydrogens is 443 g/mol. The van der Waals surface area contributed by atoms with Crippen LogP contribution in [-0.4, -0.2) is 43.9 Å². The molecule has 1 amide bonds. The van der Waals surface area contributed by atoms with Gasteiger partial charge in [-0.25, -0.2) is 5.01 Å².